The van der Waals surface area contributed by atoms with Gasteiger partial charge in [0.25, 0.3) is 0 Å². The smallest absolute Gasteiger partial charge is 0.306 e. The summed E-state index contributed by atoms with van der Waals surface area (Å²) in [6.45, 7) is 0.302. The zero-order valence-electron chi connectivity index (χ0n) is 9.97. The van der Waals surface area contributed by atoms with Gasteiger partial charge in [0.15, 0.2) is 0 Å². The molecular weight excluding hydrogens is 222 g/mol. The molecule has 1 rings (SSSR count). The Balaban J connectivity index is 2.98. The van der Waals surface area contributed by atoms with Gasteiger partial charge in [-0.1, -0.05) is 6.07 Å². The lowest BCUT2D eigenvalue weighted by atomic mass is 9.95. The van der Waals surface area contributed by atoms with E-state index < -0.39 is 0 Å². The molecule has 0 aliphatic heterocycles. The summed E-state index contributed by atoms with van der Waals surface area (Å²) in [6.07, 6.45) is 0.189. The SMILES string of the molecule is COC(=O)CC(CN)c1ccc(O)cc1OC. The summed E-state index contributed by atoms with van der Waals surface area (Å²) >= 11 is 0. The first kappa shape index (κ1) is 13.3. The van der Waals surface area contributed by atoms with Gasteiger partial charge in [0.2, 0.25) is 0 Å². The van der Waals surface area contributed by atoms with Crippen LogP contribution in [0.25, 0.3) is 0 Å². The average Bonchev–Trinajstić information content (AvgIpc) is 2.35. The Bertz CT molecular complexity index is 392. The molecule has 0 bridgehead atoms. The second kappa shape index (κ2) is 6.10. The first-order valence-electron chi connectivity index (χ1n) is 5.26. The molecule has 1 aromatic rings. The first-order chi connectivity index (χ1) is 8.12. The number of rotatable bonds is 5. The van der Waals surface area contributed by atoms with E-state index in [0.29, 0.717) is 12.3 Å². The normalized spacial score (nSPS) is 11.9. The molecular formula is C12H17NO4. The molecule has 5 heteroatoms. The van der Waals surface area contributed by atoms with E-state index in [-0.39, 0.29) is 24.1 Å². The van der Waals surface area contributed by atoms with Crippen LogP contribution < -0.4 is 10.5 Å². The molecule has 0 saturated heterocycles. The van der Waals surface area contributed by atoms with Gasteiger partial charge in [-0.3, -0.25) is 4.79 Å². The van der Waals surface area contributed by atoms with E-state index in [1.165, 1.54) is 26.4 Å². The number of aromatic hydroxyl groups is 1. The fraction of sp³-hybridized carbons (Fsp3) is 0.417. The number of esters is 1. The van der Waals surface area contributed by atoms with Crippen LogP contribution in [0.1, 0.15) is 17.9 Å². The van der Waals surface area contributed by atoms with Gasteiger partial charge in [-0.05, 0) is 18.2 Å². The van der Waals surface area contributed by atoms with E-state index in [9.17, 15) is 9.90 Å². The molecule has 17 heavy (non-hydrogen) atoms. The molecule has 0 spiro atoms. The molecule has 5 nitrogen and oxygen atoms in total. The second-order valence-electron chi connectivity index (χ2n) is 3.64. The monoisotopic (exact) mass is 239 g/mol. The maximum absolute atomic E-state index is 11.3. The lowest BCUT2D eigenvalue weighted by molar-refractivity contribution is -0.141. The maximum Gasteiger partial charge on any atom is 0.306 e. The Morgan fingerprint density at radius 1 is 1.47 bits per heavy atom. The molecule has 0 amide bonds. The number of methoxy groups -OCH3 is 2. The van der Waals surface area contributed by atoms with E-state index in [2.05, 4.69) is 4.74 Å². The highest BCUT2D eigenvalue weighted by atomic mass is 16.5. The quantitative estimate of drug-likeness (QED) is 0.749. The maximum atomic E-state index is 11.3. The van der Waals surface area contributed by atoms with Crippen molar-refractivity contribution >= 4 is 5.97 Å². The van der Waals surface area contributed by atoms with Crippen molar-refractivity contribution < 1.29 is 19.4 Å². The number of hydrogen-bond acceptors (Lipinski definition) is 5. The van der Waals surface area contributed by atoms with Gasteiger partial charge in [-0.25, -0.2) is 0 Å². The van der Waals surface area contributed by atoms with Crippen molar-refractivity contribution in [2.45, 2.75) is 12.3 Å². The van der Waals surface area contributed by atoms with Gasteiger partial charge in [-0.15, -0.1) is 0 Å². The van der Waals surface area contributed by atoms with Crippen molar-refractivity contribution in [3.05, 3.63) is 23.8 Å². The molecule has 0 fully saturated rings. The van der Waals surface area contributed by atoms with Gasteiger partial charge in [-0.2, -0.15) is 0 Å². The zero-order chi connectivity index (χ0) is 12.8. The summed E-state index contributed by atoms with van der Waals surface area (Å²) < 4.78 is 9.77. The van der Waals surface area contributed by atoms with Crippen LogP contribution in [-0.4, -0.2) is 31.8 Å². The Morgan fingerprint density at radius 3 is 2.71 bits per heavy atom. The number of carbonyl (C=O) groups excluding carboxylic acids is 1. The van der Waals surface area contributed by atoms with Crippen LogP contribution in [0.5, 0.6) is 11.5 Å². The number of ether oxygens (including phenoxy) is 2. The Kier molecular flexibility index (Phi) is 4.78. The fourth-order valence-corrected chi connectivity index (χ4v) is 1.64. The molecule has 1 aromatic carbocycles. The van der Waals surface area contributed by atoms with Gasteiger partial charge in [0.1, 0.15) is 11.5 Å². The van der Waals surface area contributed by atoms with Crippen molar-refractivity contribution in [2.75, 3.05) is 20.8 Å². The molecule has 94 valence electrons. The summed E-state index contributed by atoms with van der Waals surface area (Å²) in [5.74, 6) is 0.123. The van der Waals surface area contributed by atoms with Crippen LogP contribution in [0.2, 0.25) is 0 Å². The summed E-state index contributed by atoms with van der Waals surface area (Å²) in [7, 11) is 2.84. The Hall–Kier alpha value is -1.75. The Morgan fingerprint density at radius 2 is 2.18 bits per heavy atom. The molecule has 0 radical (unpaired) electrons. The van der Waals surface area contributed by atoms with Crippen molar-refractivity contribution in [1.29, 1.82) is 0 Å². The van der Waals surface area contributed by atoms with Crippen molar-refractivity contribution in [3.63, 3.8) is 0 Å². The van der Waals surface area contributed by atoms with E-state index in [1.807, 2.05) is 0 Å². The highest BCUT2D eigenvalue weighted by Crippen LogP contribution is 2.31. The van der Waals surface area contributed by atoms with Crippen molar-refractivity contribution in [3.8, 4) is 11.5 Å². The summed E-state index contributed by atoms with van der Waals surface area (Å²) in [5.41, 5.74) is 6.43. The Labute approximate surface area is 100 Å². The third-order valence-electron chi connectivity index (χ3n) is 2.58. The number of phenols is 1. The van der Waals surface area contributed by atoms with Crippen LogP contribution in [-0.2, 0) is 9.53 Å². The van der Waals surface area contributed by atoms with Crippen LogP contribution >= 0.6 is 0 Å². The van der Waals surface area contributed by atoms with Crippen LogP contribution in [0.4, 0.5) is 0 Å². The first-order valence-corrected chi connectivity index (χ1v) is 5.26. The largest absolute Gasteiger partial charge is 0.508 e. The predicted octanol–water partition coefficient (Wildman–Crippen LogP) is 1.01. The number of nitrogens with two attached hydrogens (primary N) is 1. The topological polar surface area (TPSA) is 81.8 Å². The van der Waals surface area contributed by atoms with E-state index in [1.54, 1.807) is 6.07 Å². The molecule has 3 N–H and O–H groups in total. The molecule has 0 heterocycles. The third kappa shape index (κ3) is 3.35. The summed E-state index contributed by atoms with van der Waals surface area (Å²) in [5, 5.41) is 9.35. The highest BCUT2D eigenvalue weighted by Gasteiger charge is 2.19. The van der Waals surface area contributed by atoms with Gasteiger partial charge < -0.3 is 20.3 Å². The van der Waals surface area contributed by atoms with Crippen LogP contribution in [0, 0.1) is 0 Å². The predicted molar refractivity (Wildman–Crippen MR) is 63.1 cm³/mol. The number of carbonyl (C=O) groups is 1. The molecule has 1 unspecified atom stereocenters. The minimum Gasteiger partial charge on any atom is -0.508 e. The fourth-order valence-electron chi connectivity index (χ4n) is 1.64. The molecule has 0 aliphatic rings. The second-order valence-corrected chi connectivity index (χ2v) is 3.64. The standard InChI is InChI=1S/C12H17NO4/c1-16-11-6-9(14)3-4-10(11)8(7-13)5-12(15)17-2/h3-4,6,8,14H,5,7,13H2,1-2H3. The molecule has 0 aromatic heterocycles. The minimum absolute atomic E-state index is 0.111. The third-order valence-corrected chi connectivity index (χ3v) is 2.58. The summed E-state index contributed by atoms with van der Waals surface area (Å²) in [4.78, 5) is 11.3. The van der Waals surface area contributed by atoms with Gasteiger partial charge in [0.05, 0.1) is 20.6 Å². The van der Waals surface area contributed by atoms with Crippen molar-refractivity contribution in [1.82, 2.24) is 0 Å². The average molecular weight is 239 g/mol. The van der Waals surface area contributed by atoms with Crippen LogP contribution in [0.3, 0.4) is 0 Å². The zero-order valence-corrected chi connectivity index (χ0v) is 9.97. The highest BCUT2D eigenvalue weighted by molar-refractivity contribution is 5.70. The van der Waals surface area contributed by atoms with E-state index in [4.69, 9.17) is 10.5 Å². The summed E-state index contributed by atoms with van der Waals surface area (Å²) in [6, 6.07) is 4.74. The lowest BCUT2D eigenvalue weighted by Crippen LogP contribution is -2.18. The minimum atomic E-state index is -0.324. The molecule has 1 atom stereocenters. The van der Waals surface area contributed by atoms with Crippen molar-refractivity contribution in [2.24, 2.45) is 5.73 Å². The van der Waals surface area contributed by atoms with Gasteiger partial charge >= 0.3 is 5.97 Å². The molecule has 0 saturated carbocycles. The van der Waals surface area contributed by atoms with E-state index >= 15 is 0 Å². The number of benzene rings is 1. The number of hydrogen-bond donors (Lipinski definition) is 2. The lowest BCUT2D eigenvalue weighted by Gasteiger charge is -2.17. The molecule has 0 aliphatic carbocycles. The number of phenolic OH excluding ortho intramolecular Hbond substituents is 1. The van der Waals surface area contributed by atoms with Crippen LogP contribution in [0.15, 0.2) is 18.2 Å². The van der Waals surface area contributed by atoms with E-state index in [0.717, 1.165) is 5.56 Å². The van der Waals surface area contributed by atoms with Gasteiger partial charge in [0, 0.05) is 12.0 Å².